The highest BCUT2D eigenvalue weighted by molar-refractivity contribution is 9.10. The van der Waals surface area contributed by atoms with E-state index in [1.165, 1.54) is 5.39 Å². The van der Waals surface area contributed by atoms with Gasteiger partial charge >= 0.3 is 0 Å². The van der Waals surface area contributed by atoms with Crippen LogP contribution in [0.4, 0.5) is 68.2 Å². The minimum Gasteiger partial charge on any atom is -0.327 e. The first kappa shape index (κ1) is 63.3. The number of carbonyl (C=O) groups excluding carboxylic acids is 1. The van der Waals surface area contributed by atoms with Gasteiger partial charge in [0.25, 0.3) is 0 Å². The van der Waals surface area contributed by atoms with Crippen molar-refractivity contribution >= 4 is 156 Å². The van der Waals surface area contributed by atoms with Crippen LogP contribution in [0.25, 0.3) is 87.9 Å². The normalized spacial score (nSPS) is 11.3. The van der Waals surface area contributed by atoms with Gasteiger partial charge in [0, 0.05) is 125 Å². The van der Waals surface area contributed by atoms with Crippen LogP contribution < -0.4 is 19.6 Å². The third-order valence-electron chi connectivity index (χ3n) is 19.4. The molecule has 0 bridgehead atoms. The van der Waals surface area contributed by atoms with Crippen molar-refractivity contribution in [2.75, 3.05) is 19.6 Å². The summed E-state index contributed by atoms with van der Waals surface area (Å²) in [6.45, 7) is 0. The molecule has 0 aliphatic rings. The minimum absolute atomic E-state index is 0.640. The first-order valence-corrected chi connectivity index (χ1v) is 35.3. The van der Waals surface area contributed by atoms with Gasteiger partial charge in [0.05, 0.1) is 22.1 Å². The summed E-state index contributed by atoms with van der Waals surface area (Å²) in [5.74, 6) is 1.78. The average Bonchev–Trinajstić information content (AvgIpc) is 1.65. The van der Waals surface area contributed by atoms with Gasteiger partial charge < -0.3 is 28.7 Å². The van der Waals surface area contributed by atoms with Crippen molar-refractivity contribution in [3.63, 3.8) is 0 Å². The van der Waals surface area contributed by atoms with Crippen LogP contribution in [0.1, 0.15) is 10.4 Å². The van der Waals surface area contributed by atoms with E-state index in [-0.39, 0.29) is 0 Å². The van der Waals surface area contributed by atoms with E-state index in [0.717, 1.165) is 162 Å². The van der Waals surface area contributed by atoms with Crippen molar-refractivity contribution in [3.8, 4) is 22.8 Å². The maximum Gasteiger partial charge on any atom is 0.150 e. The highest BCUT2D eigenvalue weighted by atomic mass is 79.9. The second kappa shape index (κ2) is 27.5. The number of aldehydes is 1. The molecular weight excluding hydrogens is 1320 g/mol. The number of nitrogens with zero attached hydrogens (tertiary/aromatic N) is 8. The Hall–Kier alpha value is -13.2. The van der Waals surface area contributed by atoms with Gasteiger partial charge in [0.15, 0.2) is 0 Å². The van der Waals surface area contributed by atoms with Gasteiger partial charge in [-0.25, -0.2) is 9.97 Å². The molecule has 0 aliphatic carbocycles. The molecule has 0 N–H and O–H groups in total. The Bertz CT molecular complexity index is 5930. The molecule has 0 radical (unpaired) electrons. The third-order valence-corrected chi connectivity index (χ3v) is 19.9. The van der Waals surface area contributed by atoms with Crippen LogP contribution in [0.2, 0.25) is 0 Å². The quantitative estimate of drug-likeness (QED) is 0.0748. The summed E-state index contributed by atoms with van der Waals surface area (Å²) in [4.78, 5) is 31.4. The van der Waals surface area contributed by atoms with Crippen LogP contribution in [0.5, 0.6) is 0 Å². The van der Waals surface area contributed by atoms with E-state index in [1.54, 1.807) is 0 Å². The largest absolute Gasteiger partial charge is 0.327 e. The van der Waals surface area contributed by atoms with Crippen LogP contribution in [-0.2, 0) is 14.1 Å². The minimum atomic E-state index is 0.640. The van der Waals surface area contributed by atoms with Crippen LogP contribution in [0.15, 0.2) is 368 Å². The molecule has 2 aromatic heterocycles. The maximum atomic E-state index is 11.4. The van der Waals surface area contributed by atoms with Gasteiger partial charge in [0.2, 0.25) is 0 Å². The highest BCUT2D eigenvalue weighted by Gasteiger charge is 2.25. The first-order chi connectivity index (χ1) is 50.8. The van der Waals surface area contributed by atoms with Gasteiger partial charge in [0.1, 0.15) is 17.9 Å². The number of benzene rings is 16. The monoisotopic (exact) mass is 1390 g/mol. The summed E-state index contributed by atoms with van der Waals surface area (Å²) in [6, 6.07) is 128. The topological polar surface area (TPSA) is 65.7 Å². The van der Waals surface area contributed by atoms with E-state index in [0.29, 0.717) is 5.56 Å². The van der Waals surface area contributed by atoms with Gasteiger partial charge in [-0.1, -0.05) is 222 Å². The second-order valence-electron chi connectivity index (χ2n) is 25.6. The number of fused-ring (bicyclic) bond motifs is 12. The Kier molecular flexibility index (Phi) is 16.9. The lowest BCUT2D eigenvalue weighted by atomic mass is 9.97. The highest BCUT2D eigenvalue weighted by Crippen LogP contribution is 2.47. The number of hydrogen-bond acceptors (Lipinski definition) is 7. The fourth-order valence-electron chi connectivity index (χ4n) is 14.6. The summed E-state index contributed by atoms with van der Waals surface area (Å²) in [5.41, 5.74) is 19.8. The second-order valence-corrected chi connectivity index (χ2v) is 26.5. The Morgan fingerprint density at radius 1 is 0.262 bits per heavy atom. The number of hydrogen-bond donors (Lipinski definition) is 0. The van der Waals surface area contributed by atoms with Crippen LogP contribution in [-0.4, -0.2) is 25.4 Å². The van der Waals surface area contributed by atoms with Crippen molar-refractivity contribution in [2.45, 2.75) is 0 Å². The Balaban J connectivity index is 0.000000153. The molecule has 0 spiro atoms. The van der Waals surface area contributed by atoms with Crippen LogP contribution in [0, 0.1) is 0 Å². The van der Waals surface area contributed by atoms with Crippen LogP contribution in [0.3, 0.4) is 0 Å². The molecule has 10 heteroatoms. The zero-order chi connectivity index (χ0) is 69.3. The predicted octanol–water partition coefficient (Wildman–Crippen LogP) is 25.5. The van der Waals surface area contributed by atoms with E-state index >= 15 is 0 Å². The van der Waals surface area contributed by atoms with E-state index in [4.69, 9.17) is 9.97 Å². The molecule has 9 nitrogen and oxygen atoms in total. The molecule has 0 saturated heterocycles. The predicted molar refractivity (Wildman–Crippen MR) is 434 cm³/mol. The first-order valence-electron chi connectivity index (χ1n) is 34.5. The number of aromatic nitrogens is 4. The molecule has 18 aromatic rings. The summed E-state index contributed by atoms with van der Waals surface area (Å²) in [5, 5.41) is 9.01. The van der Waals surface area contributed by atoms with Gasteiger partial charge in [-0.2, -0.15) is 0 Å². The molecule has 0 unspecified atom stereocenters. The van der Waals surface area contributed by atoms with Gasteiger partial charge in [-0.15, -0.1) is 0 Å². The molecule has 0 amide bonds. The maximum absolute atomic E-state index is 11.4. The van der Waals surface area contributed by atoms with E-state index < -0.39 is 0 Å². The smallest absolute Gasteiger partial charge is 0.150 e. The summed E-state index contributed by atoms with van der Waals surface area (Å²) < 4.78 is 5.48. The standard InChI is InChI=1S/C47H34N4O.C46H33BrN4/c1-49-46-42-29-27-40(51(37-18-10-4-11-19-37)38-20-12-5-13-21-38)31-44(42)43-30-39(50(35-14-6-2-7-15-35)36-16-8-3-9-17-36)26-28-41(43)45(46)48-47(49)34-24-22-33(32-52)23-25-34;1-49-45-41-29-27-39(51(36-18-10-4-11-19-36)37-20-12-5-13-21-37)31-43(41)42-30-38(50(34-14-6-2-7-15-34)35-16-8-3-9-17-35)26-28-40(42)44(45)48-46(49)32-22-24-33(47)25-23-32/h2-32H,1H3;2-31H,1H3. The molecule has 0 fully saturated rings. The Morgan fingerprint density at radius 2 is 0.495 bits per heavy atom. The summed E-state index contributed by atoms with van der Waals surface area (Å²) in [7, 11) is 4.21. The molecule has 492 valence electrons. The number of carbonyl (C=O) groups is 1. The Morgan fingerprint density at radius 3 is 0.748 bits per heavy atom. The number of anilines is 12. The zero-order valence-electron chi connectivity index (χ0n) is 56.6. The third kappa shape index (κ3) is 11.9. The number of rotatable bonds is 15. The Labute approximate surface area is 606 Å². The summed E-state index contributed by atoms with van der Waals surface area (Å²) in [6.07, 6.45) is 0.872. The molecule has 0 aliphatic heterocycles. The molecule has 103 heavy (non-hydrogen) atoms. The number of aryl methyl sites for hydroxylation is 2. The molecular formula is C93H67BrN8O. The number of imidazole rings is 2. The lowest BCUT2D eigenvalue weighted by Gasteiger charge is -2.27. The average molecular weight is 1390 g/mol. The zero-order valence-corrected chi connectivity index (χ0v) is 58.2. The van der Waals surface area contributed by atoms with Crippen molar-refractivity contribution in [1.29, 1.82) is 0 Å². The molecule has 2 heterocycles. The summed E-state index contributed by atoms with van der Waals surface area (Å²) >= 11 is 3.61. The van der Waals surface area contributed by atoms with Crippen molar-refractivity contribution in [1.82, 2.24) is 19.1 Å². The van der Waals surface area contributed by atoms with Crippen molar-refractivity contribution in [3.05, 3.63) is 374 Å². The molecule has 18 rings (SSSR count). The SMILES string of the molecule is Cn1c(-c2ccc(Br)cc2)nc2c3ccc(N(c4ccccc4)c4ccccc4)cc3c3cc(N(c4ccccc4)c4ccccc4)ccc3c21.Cn1c(-c2ccc(C=O)cc2)nc2c3ccc(N(c4ccccc4)c4ccccc4)cc3c3cc(N(c4ccccc4)c4ccccc4)ccc3c21. The van der Waals surface area contributed by atoms with E-state index in [1.807, 2.05) is 24.3 Å². The fourth-order valence-corrected chi connectivity index (χ4v) is 14.9. The lowest BCUT2D eigenvalue weighted by molar-refractivity contribution is 0.112. The van der Waals surface area contributed by atoms with Crippen LogP contribution >= 0.6 is 15.9 Å². The lowest BCUT2D eigenvalue weighted by Crippen LogP contribution is -2.10. The number of halogens is 1. The fraction of sp³-hybridized carbons (Fsp3) is 0.0215. The van der Waals surface area contributed by atoms with E-state index in [9.17, 15) is 4.79 Å². The molecule has 0 saturated carbocycles. The molecule has 0 atom stereocenters. The van der Waals surface area contributed by atoms with Gasteiger partial charge in [-0.3, -0.25) is 4.79 Å². The molecule has 16 aromatic carbocycles. The van der Waals surface area contributed by atoms with E-state index in [2.05, 4.69) is 398 Å². The van der Waals surface area contributed by atoms with Crippen molar-refractivity contribution in [2.24, 2.45) is 14.1 Å². The van der Waals surface area contributed by atoms with Crippen molar-refractivity contribution < 1.29 is 4.79 Å². The number of para-hydroxylation sites is 8. The van der Waals surface area contributed by atoms with Gasteiger partial charge in [-0.05, 0) is 179 Å².